The first-order valence-electron chi connectivity index (χ1n) is 10.8. The molecule has 1 amide bonds. The molecule has 0 spiro atoms. The third kappa shape index (κ3) is 4.31. The van der Waals surface area contributed by atoms with Crippen LogP contribution in [0.3, 0.4) is 0 Å². The molecule has 7 heteroatoms. The molecule has 0 saturated carbocycles. The van der Waals surface area contributed by atoms with Crippen molar-refractivity contribution in [3.63, 3.8) is 0 Å². The molecule has 31 heavy (non-hydrogen) atoms. The van der Waals surface area contributed by atoms with Gasteiger partial charge in [-0.15, -0.1) is 0 Å². The second-order valence-corrected chi connectivity index (χ2v) is 8.26. The lowest BCUT2D eigenvalue weighted by Gasteiger charge is -2.28. The van der Waals surface area contributed by atoms with E-state index in [2.05, 4.69) is 11.6 Å². The van der Waals surface area contributed by atoms with E-state index in [0.717, 1.165) is 38.0 Å². The van der Waals surface area contributed by atoms with Crippen molar-refractivity contribution in [1.29, 1.82) is 5.41 Å². The summed E-state index contributed by atoms with van der Waals surface area (Å²) in [5, 5.41) is 8.34. The second kappa shape index (κ2) is 8.88. The first-order valence-corrected chi connectivity index (χ1v) is 10.8. The number of hydrogen-bond acceptors (Lipinski definition) is 6. The minimum atomic E-state index is -0.596. The largest absolute Gasteiger partial charge is 0.490 e. The molecule has 1 fully saturated rings. The van der Waals surface area contributed by atoms with Gasteiger partial charge in [-0.3, -0.25) is 9.59 Å². The van der Waals surface area contributed by atoms with E-state index in [9.17, 15) is 9.59 Å². The highest BCUT2D eigenvalue weighted by Crippen LogP contribution is 2.34. The number of ketones is 1. The summed E-state index contributed by atoms with van der Waals surface area (Å²) in [6.07, 6.45) is 10.9. The molecular formula is C24H28N4O3. The molecule has 0 radical (unpaired) electrons. The fourth-order valence-electron chi connectivity index (χ4n) is 4.16. The Hall–Kier alpha value is -3.22. The van der Waals surface area contributed by atoms with Crippen LogP contribution in [0.15, 0.2) is 48.3 Å². The maximum atomic E-state index is 12.9. The summed E-state index contributed by atoms with van der Waals surface area (Å²) >= 11 is 0. The van der Waals surface area contributed by atoms with Gasteiger partial charge in [0.05, 0.1) is 18.1 Å². The highest BCUT2D eigenvalue weighted by Gasteiger charge is 2.28. The van der Waals surface area contributed by atoms with Crippen molar-refractivity contribution in [3.05, 3.63) is 53.9 Å². The van der Waals surface area contributed by atoms with Crippen LogP contribution in [0.2, 0.25) is 0 Å². The number of aromatic nitrogens is 1. The van der Waals surface area contributed by atoms with E-state index >= 15 is 0 Å². The molecule has 3 heterocycles. The van der Waals surface area contributed by atoms with Gasteiger partial charge >= 0.3 is 0 Å². The van der Waals surface area contributed by atoms with E-state index in [-0.39, 0.29) is 17.4 Å². The minimum Gasteiger partial charge on any atom is -0.490 e. The zero-order valence-corrected chi connectivity index (χ0v) is 17.9. The van der Waals surface area contributed by atoms with E-state index in [1.165, 1.54) is 6.42 Å². The van der Waals surface area contributed by atoms with Crippen LogP contribution in [0.4, 0.5) is 5.82 Å². The molecule has 4 rings (SSSR count). The molecule has 1 N–H and O–H groups in total. The standard InChI is InChI=1S/C24H28N4O3/c1-16(2)22(29)19-8-7-18(14-20(19)25)28-11-6-12-31-21-13-17(15-26-23(21)28)24(30)27-9-4-3-5-10-27/h7-8,13-15,19,25H,1,3-6,9-12H2,2H3. The number of nitrogens with zero attached hydrogens (tertiary/aromatic N) is 3. The van der Waals surface area contributed by atoms with Crippen LogP contribution in [-0.4, -0.2) is 53.5 Å². The lowest BCUT2D eigenvalue weighted by molar-refractivity contribution is -0.116. The normalized spacial score (nSPS) is 21.0. The van der Waals surface area contributed by atoms with Gasteiger partial charge in [0.1, 0.15) is 0 Å². The summed E-state index contributed by atoms with van der Waals surface area (Å²) in [7, 11) is 0. The fourth-order valence-corrected chi connectivity index (χ4v) is 4.16. The number of piperidine rings is 1. The quantitative estimate of drug-likeness (QED) is 0.753. The molecule has 1 atom stereocenters. The number of likely N-dealkylation sites (tertiary alicyclic amines) is 1. The monoisotopic (exact) mass is 420 g/mol. The molecule has 1 saturated heterocycles. The number of allylic oxidation sites excluding steroid dienone is 4. The van der Waals surface area contributed by atoms with Crippen molar-refractivity contribution in [1.82, 2.24) is 9.88 Å². The Labute approximate surface area is 182 Å². The van der Waals surface area contributed by atoms with E-state index in [0.29, 0.717) is 35.9 Å². The van der Waals surface area contributed by atoms with Crippen molar-refractivity contribution < 1.29 is 14.3 Å². The predicted octanol–water partition coefficient (Wildman–Crippen LogP) is 3.53. The number of carbonyl (C=O) groups excluding carboxylic acids is 2. The fraction of sp³-hybridized carbons (Fsp3) is 0.417. The number of fused-ring (bicyclic) bond motifs is 1. The number of rotatable bonds is 4. The zero-order chi connectivity index (χ0) is 22.0. The third-order valence-electron chi connectivity index (χ3n) is 5.88. The molecule has 0 bridgehead atoms. The van der Waals surface area contributed by atoms with Gasteiger partial charge in [0.25, 0.3) is 5.91 Å². The Bertz CT molecular complexity index is 989. The molecule has 1 aromatic heterocycles. The first-order chi connectivity index (χ1) is 15.0. The van der Waals surface area contributed by atoms with Gasteiger partial charge in [0, 0.05) is 37.2 Å². The number of hydrogen-bond donors (Lipinski definition) is 1. The summed E-state index contributed by atoms with van der Waals surface area (Å²) in [4.78, 5) is 33.6. The van der Waals surface area contributed by atoms with Gasteiger partial charge in [-0.05, 0) is 56.4 Å². The van der Waals surface area contributed by atoms with Crippen LogP contribution in [-0.2, 0) is 4.79 Å². The topological polar surface area (TPSA) is 86.6 Å². The average molecular weight is 421 g/mol. The summed E-state index contributed by atoms with van der Waals surface area (Å²) < 4.78 is 5.92. The van der Waals surface area contributed by atoms with Gasteiger partial charge in [-0.2, -0.15) is 0 Å². The van der Waals surface area contributed by atoms with Crippen molar-refractivity contribution in [2.24, 2.45) is 5.92 Å². The van der Waals surface area contributed by atoms with Gasteiger partial charge in [0.15, 0.2) is 17.4 Å². The summed E-state index contributed by atoms with van der Waals surface area (Å²) in [6, 6.07) is 1.78. The number of ether oxygens (including phenoxy) is 1. The Morgan fingerprint density at radius 3 is 2.68 bits per heavy atom. The smallest absolute Gasteiger partial charge is 0.255 e. The van der Waals surface area contributed by atoms with Crippen LogP contribution in [0.5, 0.6) is 5.75 Å². The van der Waals surface area contributed by atoms with Crippen LogP contribution in [0, 0.1) is 11.3 Å². The van der Waals surface area contributed by atoms with Gasteiger partial charge in [-0.25, -0.2) is 4.98 Å². The highest BCUT2D eigenvalue weighted by atomic mass is 16.5. The maximum Gasteiger partial charge on any atom is 0.255 e. The first kappa shape index (κ1) is 21.0. The van der Waals surface area contributed by atoms with Gasteiger partial charge < -0.3 is 19.9 Å². The van der Waals surface area contributed by atoms with Crippen molar-refractivity contribution >= 4 is 23.2 Å². The molecule has 0 aromatic carbocycles. The van der Waals surface area contributed by atoms with Crippen molar-refractivity contribution in [2.75, 3.05) is 31.1 Å². The molecule has 162 valence electrons. The lowest BCUT2D eigenvalue weighted by Crippen LogP contribution is -2.35. The van der Waals surface area contributed by atoms with Crippen LogP contribution in [0.1, 0.15) is 43.0 Å². The number of pyridine rings is 1. The molecular weight excluding hydrogens is 392 g/mol. The van der Waals surface area contributed by atoms with Crippen molar-refractivity contribution in [3.8, 4) is 5.75 Å². The molecule has 7 nitrogen and oxygen atoms in total. The Balaban J connectivity index is 1.59. The van der Waals surface area contributed by atoms with E-state index < -0.39 is 5.92 Å². The molecule has 1 unspecified atom stereocenters. The maximum absolute atomic E-state index is 12.9. The van der Waals surface area contributed by atoms with E-state index in [4.69, 9.17) is 10.1 Å². The van der Waals surface area contributed by atoms with Crippen LogP contribution in [0.25, 0.3) is 0 Å². The number of Topliss-reactive ketones (excluding diaryl/α,β-unsaturated/α-hetero) is 1. The number of carbonyl (C=O) groups is 2. The van der Waals surface area contributed by atoms with Crippen LogP contribution >= 0.6 is 0 Å². The highest BCUT2D eigenvalue weighted by molar-refractivity contribution is 6.16. The second-order valence-electron chi connectivity index (χ2n) is 8.26. The summed E-state index contributed by atoms with van der Waals surface area (Å²) in [5.41, 5.74) is 1.99. The van der Waals surface area contributed by atoms with Gasteiger partial charge in [0.2, 0.25) is 0 Å². The average Bonchev–Trinajstić information content (AvgIpc) is 3.00. The zero-order valence-electron chi connectivity index (χ0n) is 17.9. The van der Waals surface area contributed by atoms with E-state index in [1.807, 2.05) is 15.9 Å². The minimum absolute atomic E-state index is 0.00546. The Morgan fingerprint density at radius 1 is 1.19 bits per heavy atom. The molecule has 1 aromatic rings. The molecule has 3 aliphatic rings. The Morgan fingerprint density at radius 2 is 1.97 bits per heavy atom. The van der Waals surface area contributed by atoms with Crippen molar-refractivity contribution in [2.45, 2.75) is 32.6 Å². The lowest BCUT2D eigenvalue weighted by atomic mass is 9.90. The third-order valence-corrected chi connectivity index (χ3v) is 5.88. The number of nitrogens with one attached hydrogen (secondary N) is 1. The number of amides is 1. The molecule has 2 aliphatic heterocycles. The van der Waals surface area contributed by atoms with Crippen LogP contribution < -0.4 is 9.64 Å². The number of anilines is 1. The van der Waals surface area contributed by atoms with E-state index in [1.54, 1.807) is 31.3 Å². The Kier molecular flexibility index (Phi) is 6.02. The summed E-state index contributed by atoms with van der Waals surface area (Å²) in [5.74, 6) is 0.452. The SMILES string of the molecule is C=C(C)C(=O)C1C=CC(N2CCCOc3cc(C(=O)N4CCCCC4)cnc32)=CC1=N. The predicted molar refractivity (Wildman–Crippen MR) is 120 cm³/mol. The molecule has 1 aliphatic carbocycles. The summed E-state index contributed by atoms with van der Waals surface area (Å²) in [6.45, 7) is 8.13. The van der Waals surface area contributed by atoms with Gasteiger partial charge in [-0.1, -0.05) is 12.7 Å².